The van der Waals surface area contributed by atoms with Crippen LogP contribution in [0.15, 0.2) is 41.2 Å². The van der Waals surface area contributed by atoms with Gasteiger partial charge in [-0.3, -0.25) is 5.32 Å². The molecule has 0 unspecified atom stereocenters. The molecule has 174 valence electrons. The fraction of sp³-hybridized carbons (Fsp3) is 0.0952. The van der Waals surface area contributed by atoms with E-state index >= 15 is 0 Å². The van der Waals surface area contributed by atoms with Crippen molar-refractivity contribution in [2.75, 3.05) is 11.1 Å². The lowest BCUT2D eigenvalue weighted by atomic mass is 10.0. The number of sulfonamides is 1. The van der Waals surface area contributed by atoms with Gasteiger partial charge in [0, 0.05) is 21.5 Å². The molecule has 1 atom stereocenters. The molecule has 0 aliphatic carbocycles. The number of primary sulfonamides is 1. The number of aromatic nitrogens is 2. The van der Waals surface area contributed by atoms with Crippen LogP contribution in [0, 0.1) is 18.2 Å². The molecule has 0 bridgehead atoms. The minimum absolute atomic E-state index is 0.225. The van der Waals surface area contributed by atoms with Gasteiger partial charge in [0.05, 0.1) is 22.0 Å². The van der Waals surface area contributed by atoms with Gasteiger partial charge in [0.1, 0.15) is 17.2 Å². The summed E-state index contributed by atoms with van der Waals surface area (Å²) < 4.78 is 38.3. The molecule has 0 saturated carbocycles. The minimum Gasteiger partial charge on any atom is -0.330 e. The Morgan fingerprint density at radius 3 is 2.71 bits per heavy atom. The summed E-state index contributed by atoms with van der Waals surface area (Å²) in [5.41, 5.74) is 3.46. The fourth-order valence-electron chi connectivity index (χ4n) is 3.26. The van der Waals surface area contributed by atoms with Gasteiger partial charge in [0.25, 0.3) is 0 Å². The quantitative estimate of drug-likeness (QED) is 0.316. The lowest BCUT2D eigenvalue weighted by molar-refractivity contribution is 0.249. The predicted octanol–water partition coefficient (Wildman–Crippen LogP) is 4.34. The van der Waals surface area contributed by atoms with Gasteiger partial charge >= 0.3 is 6.03 Å². The van der Waals surface area contributed by atoms with E-state index in [0.717, 1.165) is 0 Å². The number of nitrogens with one attached hydrogen (secondary N) is 2. The van der Waals surface area contributed by atoms with Crippen molar-refractivity contribution in [2.24, 2.45) is 5.14 Å². The van der Waals surface area contributed by atoms with E-state index in [0.29, 0.717) is 26.4 Å². The number of benzene rings is 2. The average Bonchev–Trinajstić information content (AvgIpc) is 3.43. The first-order valence-corrected chi connectivity index (χ1v) is 13.3. The summed E-state index contributed by atoms with van der Waals surface area (Å²) in [7, 11) is -3.96. The third-order valence-electron chi connectivity index (χ3n) is 4.69. The van der Waals surface area contributed by atoms with Gasteiger partial charge in [-0.25, -0.2) is 32.7 Å². The third kappa shape index (κ3) is 5.35. The Labute approximate surface area is 207 Å². The molecule has 2 amide bonds. The maximum Gasteiger partial charge on any atom is 0.320 e. The molecule has 4 aromatic rings. The van der Waals surface area contributed by atoms with Crippen LogP contribution in [0.1, 0.15) is 16.6 Å². The Kier molecular flexibility index (Phi) is 6.83. The zero-order valence-electron chi connectivity index (χ0n) is 17.1. The van der Waals surface area contributed by atoms with Crippen LogP contribution in [-0.4, -0.2) is 30.2 Å². The number of rotatable bonds is 6. The standard InChI is InChI=1S/C21H15ClFN5O3S3/c1-2-18-27-17(8-32-18)28-21(29)26-16(9-34(24,30)31)11-3-4-12(14(22)7-11)13-5-6-15(23)19-20(13)33-10-25-19/h1,3-8,10,16H,9H2,(H2,24,30,31)(H2,26,28,29)/t16-/m0/s1. The molecule has 0 aliphatic rings. The average molecular weight is 536 g/mol. The molecule has 0 spiro atoms. The van der Waals surface area contributed by atoms with E-state index in [2.05, 4.69) is 26.5 Å². The largest absolute Gasteiger partial charge is 0.330 e. The molecular formula is C21H15ClFN5O3S3. The molecule has 2 heterocycles. The fourth-order valence-corrected chi connectivity index (χ4v) is 5.67. The normalized spacial score (nSPS) is 12.3. The zero-order valence-corrected chi connectivity index (χ0v) is 20.3. The van der Waals surface area contributed by atoms with Crippen LogP contribution in [0.25, 0.3) is 21.3 Å². The Hall–Kier alpha value is -3.08. The second-order valence-electron chi connectivity index (χ2n) is 7.03. The molecule has 8 nitrogen and oxygen atoms in total. The highest BCUT2D eigenvalue weighted by Gasteiger charge is 2.22. The first kappa shape index (κ1) is 24.1. The Balaban J connectivity index is 1.63. The highest BCUT2D eigenvalue weighted by atomic mass is 35.5. The van der Waals surface area contributed by atoms with E-state index in [9.17, 15) is 17.6 Å². The second kappa shape index (κ2) is 9.65. The molecule has 4 rings (SSSR count). The van der Waals surface area contributed by atoms with E-state index < -0.39 is 33.7 Å². The smallest absolute Gasteiger partial charge is 0.320 e. The van der Waals surface area contributed by atoms with Crippen molar-refractivity contribution >= 4 is 66.4 Å². The van der Waals surface area contributed by atoms with Crippen molar-refractivity contribution < 1.29 is 17.6 Å². The molecule has 2 aromatic heterocycles. The van der Waals surface area contributed by atoms with Crippen LogP contribution < -0.4 is 15.8 Å². The van der Waals surface area contributed by atoms with Crippen molar-refractivity contribution in [3.8, 4) is 23.5 Å². The number of terminal acetylenes is 1. The number of hydrogen-bond acceptors (Lipinski definition) is 7. The number of anilines is 1. The van der Waals surface area contributed by atoms with Crippen LogP contribution in [-0.2, 0) is 10.0 Å². The maximum atomic E-state index is 14.0. The van der Waals surface area contributed by atoms with Crippen molar-refractivity contribution in [1.29, 1.82) is 0 Å². The van der Waals surface area contributed by atoms with Gasteiger partial charge in [-0.1, -0.05) is 23.7 Å². The molecule has 2 aromatic carbocycles. The molecular weight excluding hydrogens is 521 g/mol. The number of amides is 2. The lowest BCUT2D eigenvalue weighted by Gasteiger charge is -2.19. The van der Waals surface area contributed by atoms with Crippen molar-refractivity contribution in [1.82, 2.24) is 15.3 Å². The summed E-state index contributed by atoms with van der Waals surface area (Å²) in [6.07, 6.45) is 5.28. The van der Waals surface area contributed by atoms with Gasteiger partial charge in [-0.15, -0.1) is 29.1 Å². The minimum atomic E-state index is -3.96. The second-order valence-corrected chi connectivity index (χ2v) is 10.8. The van der Waals surface area contributed by atoms with Gasteiger partial charge in [-0.2, -0.15) is 0 Å². The van der Waals surface area contributed by atoms with E-state index in [1.54, 1.807) is 29.1 Å². The summed E-state index contributed by atoms with van der Waals surface area (Å²) >= 11 is 8.97. The van der Waals surface area contributed by atoms with E-state index in [4.69, 9.17) is 23.2 Å². The molecule has 4 N–H and O–H groups in total. The SMILES string of the molecule is C#Cc1nc(NC(=O)N[C@@H](CS(N)(=O)=O)c2ccc(-c3ccc(F)c4ncsc34)c(Cl)c2)cs1. The van der Waals surface area contributed by atoms with Crippen LogP contribution in [0.4, 0.5) is 15.0 Å². The number of urea groups is 1. The van der Waals surface area contributed by atoms with Crippen LogP contribution >= 0.6 is 34.3 Å². The Morgan fingerprint density at radius 1 is 1.26 bits per heavy atom. The van der Waals surface area contributed by atoms with Crippen molar-refractivity contribution in [3.05, 3.63) is 62.6 Å². The predicted molar refractivity (Wildman–Crippen MR) is 133 cm³/mol. The van der Waals surface area contributed by atoms with E-state index in [-0.39, 0.29) is 16.4 Å². The number of fused-ring (bicyclic) bond motifs is 1. The molecule has 0 saturated heterocycles. The van der Waals surface area contributed by atoms with Gasteiger partial charge in [-0.05, 0) is 29.7 Å². The Morgan fingerprint density at radius 2 is 2.03 bits per heavy atom. The van der Waals surface area contributed by atoms with Gasteiger partial charge in [0.15, 0.2) is 5.01 Å². The first-order chi connectivity index (χ1) is 16.1. The molecule has 0 fully saturated rings. The molecule has 0 aliphatic heterocycles. The van der Waals surface area contributed by atoms with Gasteiger partial charge in [0.2, 0.25) is 10.0 Å². The Bertz CT molecular complexity index is 1540. The summed E-state index contributed by atoms with van der Waals surface area (Å²) in [6, 6.07) is 6.01. The highest BCUT2D eigenvalue weighted by molar-refractivity contribution is 7.89. The number of carbonyl (C=O) groups excluding carboxylic acids is 1. The molecule has 34 heavy (non-hydrogen) atoms. The van der Waals surface area contributed by atoms with Crippen molar-refractivity contribution in [3.63, 3.8) is 0 Å². The van der Waals surface area contributed by atoms with Crippen LogP contribution in [0.3, 0.4) is 0 Å². The monoisotopic (exact) mass is 535 g/mol. The van der Waals surface area contributed by atoms with Crippen LogP contribution in [0.2, 0.25) is 5.02 Å². The number of halogens is 2. The summed E-state index contributed by atoms with van der Waals surface area (Å²) in [6.45, 7) is 0. The van der Waals surface area contributed by atoms with E-state index in [1.807, 2.05) is 0 Å². The van der Waals surface area contributed by atoms with E-state index in [1.165, 1.54) is 34.8 Å². The number of nitrogens with two attached hydrogens (primary N) is 1. The number of carbonyl (C=O) groups is 1. The topological polar surface area (TPSA) is 127 Å². The number of hydrogen-bond donors (Lipinski definition) is 3. The summed E-state index contributed by atoms with van der Waals surface area (Å²) in [5.74, 6) is 1.57. The third-order valence-corrected chi connectivity index (χ3v) is 7.44. The molecule has 13 heteroatoms. The van der Waals surface area contributed by atoms with Crippen LogP contribution in [0.5, 0.6) is 0 Å². The highest BCUT2D eigenvalue weighted by Crippen LogP contribution is 2.37. The molecule has 0 radical (unpaired) electrons. The summed E-state index contributed by atoms with van der Waals surface area (Å²) in [4.78, 5) is 20.6. The maximum absolute atomic E-state index is 14.0. The number of thiazole rings is 2. The first-order valence-electron chi connectivity index (χ1n) is 9.46. The van der Waals surface area contributed by atoms with Gasteiger partial charge < -0.3 is 5.32 Å². The number of nitrogens with zero attached hydrogens (tertiary/aromatic N) is 2. The van der Waals surface area contributed by atoms with Crippen molar-refractivity contribution in [2.45, 2.75) is 6.04 Å². The lowest BCUT2D eigenvalue weighted by Crippen LogP contribution is -2.37. The summed E-state index contributed by atoms with van der Waals surface area (Å²) in [5, 5.41) is 12.5. The zero-order chi connectivity index (χ0) is 24.5.